The van der Waals surface area contributed by atoms with E-state index in [1.165, 1.54) is 218 Å². The average Bonchev–Trinajstić information content (AvgIpc) is 2.99. The molecule has 2 aliphatic heterocycles. The highest BCUT2D eigenvalue weighted by Crippen LogP contribution is 2.30. The zero-order valence-electron chi connectivity index (χ0n) is 56.0. The molecule has 14 heteroatoms. The van der Waals surface area contributed by atoms with Crippen molar-refractivity contribution in [3.05, 3.63) is 60.8 Å². The standard InChI is InChI=1S/C74H135NO13/c1-3-5-7-9-11-13-15-17-19-20-21-22-23-24-25-26-27-28-29-30-31-32-33-34-35-36-37-38-39-40-41-42-44-46-48-50-52-54-56-58-66(79)75-62(63(78)57-55-53-51-49-47-45-43-18-16-14-12-10-8-6-4-2)61-85-73-71(84)69(82)72(65(60-77)87-73)88-74-70(83)68(81)67(80)64(59-76)86-74/h5,7,11,13,17,19,21-22,55,57,62-65,67-74,76-78,80-84H,3-4,6,8-10,12,14-16,18,20,23-54,56,58-61H2,1-2H3,(H,75,79)/b7-5-,13-11-,19-17-,22-21-,57-55+. The predicted octanol–water partition coefficient (Wildman–Crippen LogP) is 15.2. The van der Waals surface area contributed by atoms with Crippen LogP contribution in [0, 0.1) is 0 Å². The second kappa shape index (κ2) is 58.5. The Morgan fingerprint density at radius 1 is 0.420 bits per heavy atom. The zero-order valence-corrected chi connectivity index (χ0v) is 56.0. The van der Waals surface area contributed by atoms with Crippen LogP contribution in [0.4, 0.5) is 0 Å². The smallest absolute Gasteiger partial charge is 0.220 e. The molecule has 12 unspecified atom stereocenters. The van der Waals surface area contributed by atoms with Gasteiger partial charge in [-0.1, -0.05) is 306 Å². The SMILES string of the molecule is CC/C=C\C/C=C\C/C=C\C/C=C\CCCCCCCCCCCCCCCCCCCCCCCCCCCCC(=O)NC(COC1OC(CO)C(OC2OC(CO)C(O)C(O)C2O)C(O)C1O)C(O)/C=C/CCCCCCCCCCCCCCC. The molecule has 2 fully saturated rings. The van der Waals surface area contributed by atoms with Crippen LogP contribution in [0.2, 0.25) is 0 Å². The first kappa shape index (κ1) is 81.8. The molecule has 2 heterocycles. The van der Waals surface area contributed by atoms with E-state index in [0.717, 1.165) is 64.2 Å². The fourth-order valence-electron chi connectivity index (χ4n) is 11.9. The van der Waals surface area contributed by atoms with Crippen molar-refractivity contribution < 1.29 is 64.6 Å². The van der Waals surface area contributed by atoms with Gasteiger partial charge in [0.2, 0.25) is 5.91 Å². The molecule has 88 heavy (non-hydrogen) atoms. The molecule has 1 amide bonds. The van der Waals surface area contributed by atoms with Gasteiger partial charge in [0.25, 0.3) is 0 Å². The number of aliphatic hydroxyl groups excluding tert-OH is 8. The number of rotatable bonds is 60. The van der Waals surface area contributed by atoms with Crippen molar-refractivity contribution in [2.24, 2.45) is 0 Å². The van der Waals surface area contributed by atoms with E-state index in [4.69, 9.17) is 18.9 Å². The van der Waals surface area contributed by atoms with E-state index in [0.29, 0.717) is 6.42 Å². The molecule has 14 nitrogen and oxygen atoms in total. The molecular formula is C74H135NO13. The van der Waals surface area contributed by atoms with Gasteiger partial charge in [-0.3, -0.25) is 4.79 Å². The van der Waals surface area contributed by atoms with Gasteiger partial charge in [-0.15, -0.1) is 0 Å². The third kappa shape index (κ3) is 42.0. The molecule has 12 atom stereocenters. The number of ether oxygens (including phenoxy) is 4. The van der Waals surface area contributed by atoms with Crippen molar-refractivity contribution in [2.75, 3.05) is 19.8 Å². The summed E-state index contributed by atoms with van der Waals surface area (Å²) in [6.45, 7) is 2.71. The minimum Gasteiger partial charge on any atom is -0.394 e. The highest BCUT2D eigenvalue weighted by atomic mass is 16.7. The van der Waals surface area contributed by atoms with Crippen molar-refractivity contribution in [3.8, 4) is 0 Å². The Morgan fingerprint density at radius 3 is 1.20 bits per heavy atom. The van der Waals surface area contributed by atoms with Crippen LogP contribution < -0.4 is 5.32 Å². The van der Waals surface area contributed by atoms with Crippen LogP contribution in [0.3, 0.4) is 0 Å². The summed E-state index contributed by atoms with van der Waals surface area (Å²) in [6.07, 6.45) is 61.6. The van der Waals surface area contributed by atoms with E-state index >= 15 is 0 Å². The molecular weight excluding hydrogens is 1110 g/mol. The molecule has 2 saturated heterocycles. The molecule has 0 aromatic rings. The Balaban J connectivity index is 1.56. The highest BCUT2D eigenvalue weighted by Gasteiger charge is 2.51. The zero-order chi connectivity index (χ0) is 63.8. The minimum atomic E-state index is -1.79. The molecule has 0 spiro atoms. The minimum absolute atomic E-state index is 0.234. The maximum Gasteiger partial charge on any atom is 0.220 e. The van der Waals surface area contributed by atoms with Crippen LogP contribution in [-0.2, 0) is 23.7 Å². The Morgan fingerprint density at radius 2 is 0.784 bits per heavy atom. The number of carbonyl (C=O) groups excluding carboxylic acids is 1. The molecule has 0 aliphatic carbocycles. The normalized spacial score (nSPS) is 23.5. The van der Waals surface area contributed by atoms with Gasteiger partial charge in [0.1, 0.15) is 48.8 Å². The van der Waals surface area contributed by atoms with Gasteiger partial charge in [0, 0.05) is 6.42 Å². The summed E-state index contributed by atoms with van der Waals surface area (Å²) in [5.74, 6) is -0.234. The monoisotopic (exact) mass is 1250 g/mol. The number of amides is 1. The van der Waals surface area contributed by atoms with Crippen LogP contribution in [-0.4, -0.2) is 140 Å². The molecule has 0 saturated carbocycles. The van der Waals surface area contributed by atoms with E-state index in [2.05, 4.69) is 67.8 Å². The lowest BCUT2D eigenvalue weighted by molar-refractivity contribution is -0.359. The molecule has 0 radical (unpaired) electrons. The van der Waals surface area contributed by atoms with Gasteiger partial charge >= 0.3 is 0 Å². The van der Waals surface area contributed by atoms with Crippen molar-refractivity contribution in [1.82, 2.24) is 5.32 Å². The molecule has 0 aromatic carbocycles. The predicted molar refractivity (Wildman–Crippen MR) is 360 cm³/mol. The van der Waals surface area contributed by atoms with Gasteiger partial charge in [-0.25, -0.2) is 0 Å². The van der Waals surface area contributed by atoms with Gasteiger partial charge < -0.3 is 65.1 Å². The number of hydrogen-bond acceptors (Lipinski definition) is 13. The maximum atomic E-state index is 13.3. The van der Waals surface area contributed by atoms with Gasteiger partial charge in [0.15, 0.2) is 12.6 Å². The summed E-state index contributed by atoms with van der Waals surface area (Å²) in [7, 11) is 0. The lowest BCUT2D eigenvalue weighted by atomic mass is 9.97. The summed E-state index contributed by atoms with van der Waals surface area (Å²) < 4.78 is 22.8. The first-order valence-electron chi connectivity index (χ1n) is 36.5. The Bertz CT molecular complexity index is 1710. The van der Waals surface area contributed by atoms with Crippen LogP contribution in [0.5, 0.6) is 0 Å². The fourth-order valence-corrected chi connectivity index (χ4v) is 11.9. The third-order valence-electron chi connectivity index (χ3n) is 17.7. The van der Waals surface area contributed by atoms with Crippen molar-refractivity contribution in [2.45, 2.75) is 383 Å². The number of nitrogens with one attached hydrogen (secondary N) is 1. The van der Waals surface area contributed by atoms with Gasteiger partial charge in [-0.2, -0.15) is 0 Å². The van der Waals surface area contributed by atoms with Crippen LogP contribution in [0.1, 0.15) is 309 Å². The number of carbonyl (C=O) groups is 1. The van der Waals surface area contributed by atoms with Crippen LogP contribution >= 0.6 is 0 Å². The molecule has 9 N–H and O–H groups in total. The number of aliphatic hydroxyl groups is 8. The third-order valence-corrected chi connectivity index (χ3v) is 17.7. The van der Waals surface area contributed by atoms with Crippen molar-refractivity contribution in [3.63, 3.8) is 0 Å². The lowest BCUT2D eigenvalue weighted by Crippen LogP contribution is -2.65. The average molecular weight is 1250 g/mol. The van der Waals surface area contributed by atoms with Gasteiger partial charge in [0.05, 0.1) is 32.0 Å². The quantitative estimate of drug-likeness (QED) is 0.0204. The number of unbranched alkanes of at least 4 members (excludes halogenated alkanes) is 39. The van der Waals surface area contributed by atoms with E-state index < -0.39 is 86.8 Å². The summed E-state index contributed by atoms with van der Waals surface area (Å²) in [4.78, 5) is 13.3. The molecule has 514 valence electrons. The van der Waals surface area contributed by atoms with Gasteiger partial charge in [-0.05, 0) is 57.8 Å². The first-order chi connectivity index (χ1) is 43.1. The maximum absolute atomic E-state index is 13.3. The molecule has 2 aliphatic rings. The topological polar surface area (TPSA) is 228 Å². The fraction of sp³-hybridized carbons (Fsp3) is 0.851. The summed E-state index contributed by atoms with van der Waals surface area (Å²) in [5.41, 5.74) is 0. The second-order valence-corrected chi connectivity index (χ2v) is 25.7. The van der Waals surface area contributed by atoms with E-state index in [1.54, 1.807) is 6.08 Å². The summed E-state index contributed by atoms with van der Waals surface area (Å²) in [5, 5.41) is 87.3. The lowest BCUT2D eigenvalue weighted by Gasteiger charge is -2.46. The first-order valence-corrected chi connectivity index (χ1v) is 36.5. The van der Waals surface area contributed by atoms with E-state index in [-0.39, 0.29) is 18.9 Å². The van der Waals surface area contributed by atoms with E-state index in [9.17, 15) is 45.6 Å². The van der Waals surface area contributed by atoms with Crippen LogP contribution in [0.15, 0.2) is 60.8 Å². The van der Waals surface area contributed by atoms with Crippen molar-refractivity contribution in [1.29, 1.82) is 0 Å². The van der Waals surface area contributed by atoms with Crippen molar-refractivity contribution >= 4 is 5.91 Å². The number of allylic oxidation sites excluding steroid dienone is 9. The summed E-state index contributed by atoms with van der Waals surface area (Å²) >= 11 is 0. The Labute approximate surface area is 536 Å². The Kier molecular flexibility index (Phi) is 54.4. The number of hydrogen-bond donors (Lipinski definition) is 9. The Hall–Kier alpha value is -2.31. The van der Waals surface area contributed by atoms with E-state index in [1.807, 2.05) is 6.08 Å². The second-order valence-electron chi connectivity index (χ2n) is 25.7. The molecule has 2 rings (SSSR count). The van der Waals surface area contributed by atoms with Crippen LogP contribution in [0.25, 0.3) is 0 Å². The summed E-state index contributed by atoms with van der Waals surface area (Å²) in [6, 6.07) is -0.913. The molecule has 0 bridgehead atoms. The molecule has 0 aromatic heterocycles. The highest BCUT2D eigenvalue weighted by molar-refractivity contribution is 5.76. The largest absolute Gasteiger partial charge is 0.394 e.